The van der Waals surface area contributed by atoms with Gasteiger partial charge in [-0.15, -0.1) is 0 Å². The molecule has 10 heteroatoms. The Morgan fingerprint density at radius 3 is 1.56 bits per heavy atom. The molecular formula is C44H76NO8P. The maximum Gasteiger partial charge on any atom is 0.472 e. The Morgan fingerprint density at radius 2 is 1.02 bits per heavy atom. The zero-order valence-corrected chi connectivity index (χ0v) is 34.8. The molecule has 0 heterocycles. The number of unbranched alkanes of at least 4 members (excludes halogenated alkanes) is 13. The van der Waals surface area contributed by atoms with E-state index in [-0.39, 0.29) is 32.6 Å². The van der Waals surface area contributed by atoms with Gasteiger partial charge in [-0.2, -0.15) is 0 Å². The molecule has 0 amide bonds. The van der Waals surface area contributed by atoms with E-state index in [0.717, 1.165) is 83.5 Å². The average Bonchev–Trinajstić information content (AvgIpc) is 3.16. The summed E-state index contributed by atoms with van der Waals surface area (Å²) < 4.78 is 32.7. The van der Waals surface area contributed by atoms with Crippen LogP contribution in [0.25, 0.3) is 0 Å². The number of phosphoric ester groups is 1. The van der Waals surface area contributed by atoms with Crippen LogP contribution in [0.3, 0.4) is 0 Å². The van der Waals surface area contributed by atoms with Crippen LogP contribution in [0.4, 0.5) is 0 Å². The lowest BCUT2D eigenvalue weighted by molar-refractivity contribution is -0.161. The predicted molar refractivity (Wildman–Crippen MR) is 224 cm³/mol. The lowest BCUT2D eigenvalue weighted by Crippen LogP contribution is -2.29. The van der Waals surface area contributed by atoms with Crippen LogP contribution in [0.15, 0.2) is 72.9 Å². The van der Waals surface area contributed by atoms with E-state index < -0.39 is 32.5 Å². The molecule has 0 aromatic heterocycles. The third kappa shape index (κ3) is 39.2. The number of ether oxygens (including phenoxy) is 2. The van der Waals surface area contributed by atoms with Gasteiger partial charge in [0, 0.05) is 19.4 Å². The first-order valence-corrected chi connectivity index (χ1v) is 22.4. The minimum Gasteiger partial charge on any atom is -0.462 e. The molecule has 9 nitrogen and oxygen atoms in total. The normalized spacial score (nSPS) is 14.1. The summed E-state index contributed by atoms with van der Waals surface area (Å²) in [5.41, 5.74) is 5.34. The highest BCUT2D eigenvalue weighted by molar-refractivity contribution is 7.47. The molecule has 2 atom stereocenters. The highest BCUT2D eigenvalue weighted by Gasteiger charge is 2.25. The maximum atomic E-state index is 12.6. The van der Waals surface area contributed by atoms with E-state index >= 15 is 0 Å². The minimum absolute atomic E-state index is 0.0438. The zero-order valence-electron chi connectivity index (χ0n) is 33.9. The van der Waals surface area contributed by atoms with Crippen LogP contribution < -0.4 is 5.73 Å². The monoisotopic (exact) mass is 778 g/mol. The zero-order chi connectivity index (χ0) is 39.6. The summed E-state index contributed by atoms with van der Waals surface area (Å²) in [5.74, 6) is -0.883. The Balaban J connectivity index is 4.26. The van der Waals surface area contributed by atoms with Crippen molar-refractivity contribution >= 4 is 19.8 Å². The van der Waals surface area contributed by atoms with Crippen LogP contribution in [-0.4, -0.2) is 49.3 Å². The Morgan fingerprint density at radius 1 is 0.574 bits per heavy atom. The van der Waals surface area contributed by atoms with Gasteiger partial charge in [0.2, 0.25) is 0 Å². The second-order valence-corrected chi connectivity index (χ2v) is 14.9. The summed E-state index contributed by atoms with van der Waals surface area (Å²) >= 11 is 0. The molecule has 0 radical (unpaired) electrons. The number of rotatable bonds is 38. The van der Waals surface area contributed by atoms with E-state index in [1.54, 1.807) is 0 Å². The third-order valence-corrected chi connectivity index (χ3v) is 9.31. The summed E-state index contributed by atoms with van der Waals surface area (Å²) in [5, 5.41) is 0. The van der Waals surface area contributed by atoms with E-state index in [1.807, 2.05) is 0 Å². The number of hydrogen-bond donors (Lipinski definition) is 2. The molecule has 0 fully saturated rings. The van der Waals surface area contributed by atoms with Crippen molar-refractivity contribution in [3.05, 3.63) is 72.9 Å². The van der Waals surface area contributed by atoms with Gasteiger partial charge in [-0.1, -0.05) is 138 Å². The molecule has 310 valence electrons. The van der Waals surface area contributed by atoms with Gasteiger partial charge >= 0.3 is 19.8 Å². The molecule has 0 bridgehead atoms. The molecule has 0 aromatic carbocycles. The van der Waals surface area contributed by atoms with Crippen LogP contribution in [0.5, 0.6) is 0 Å². The Labute approximate surface area is 329 Å². The van der Waals surface area contributed by atoms with Crippen molar-refractivity contribution in [2.45, 2.75) is 168 Å². The fourth-order valence-corrected chi connectivity index (χ4v) is 6.01. The second-order valence-electron chi connectivity index (χ2n) is 13.5. The molecule has 0 saturated heterocycles. The summed E-state index contributed by atoms with van der Waals surface area (Å²) in [6.07, 6.45) is 47.9. The molecule has 3 N–H and O–H groups in total. The molecule has 0 aliphatic heterocycles. The molecule has 0 aliphatic rings. The minimum atomic E-state index is -4.39. The van der Waals surface area contributed by atoms with Crippen LogP contribution >= 0.6 is 7.82 Å². The Hall–Kier alpha value is -2.55. The van der Waals surface area contributed by atoms with Crippen LogP contribution in [0.2, 0.25) is 0 Å². The Kier molecular flexibility index (Phi) is 38.2. The van der Waals surface area contributed by atoms with Gasteiger partial charge in [0.05, 0.1) is 13.2 Å². The number of carbonyl (C=O) groups is 2. The largest absolute Gasteiger partial charge is 0.472 e. The van der Waals surface area contributed by atoms with Crippen LogP contribution in [0.1, 0.15) is 162 Å². The summed E-state index contributed by atoms with van der Waals surface area (Å²) in [6, 6.07) is 0. The quantitative estimate of drug-likeness (QED) is 0.0272. The first-order valence-electron chi connectivity index (χ1n) is 20.9. The number of hydrogen-bond acceptors (Lipinski definition) is 8. The van der Waals surface area contributed by atoms with Gasteiger partial charge in [0.15, 0.2) is 6.10 Å². The van der Waals surface area contributed by atoms with Gasteiger partial charge in [-0.25, -0.2) is 4.57 Å². The Bertz CT molecular complexity index is 1110. The third-order valence-electron chi connectivity index (χ3n) is 8.33. The van der Waals surface area contributed by atoms with Gasteiger partial charge in [-0.05, 0) is 83.5 Å². The molecule has 54 heavy (non-hydrogen) atoms. The topological polar surface area (TPSA) is 134 Å². The van der Waals surface area contributed by atoms with Crippen molar-refractivity contribution in [1.29, 1.82) is 0 Å². The van der Waals surface area contributed by atoms with E-state index in [2.05, 4.69) is 86.8 Å². The number of esters is 2. The molecule has 0 spiro atoms. The smallest absolute Gasteiger partial charge is 0.462 e. The first-order chi connectivity index (χ1) is 26.3. The maximum absolute atomic E-state index is 12.6. The number of nitrogens with two attached hydrogens (primary N) is 1. The molecular weight excluding hydrogens is 701 g/mol. The molecule has 0 aromatic rings. The van der Waals surface area contributed by atoms with Gasteiger partial charge in [0.1, 0.15) is 6.61 Å². The first kappa shape index (κ1) is 51.5. The highest BCUT2D eigenvalue weighted by Crippen LogP contribution is 2.43. The molecule has 0 saturated carbocycles. The summed E-state index contributed by atoms with van der Waals surface area (Å²) in [4.78, 5) is 34.8. The standard InChI is InChI=1S/C44H76NO8P/c1-3-5-7-9-11-13-15-17-19-20-21-22-23-25-26-28-30-32-34-36-43(46)50-40-42(41-52-54(48,49)51-39-38-45)53-44(47)37-35-33-31-29-27-24-18-16-14-12-10-8-6-4-2/h5,7,11,13,16-19,21-22,25-26,42H,3-4,6,8-10,12,14-15,20,23-24,27-41,45H2,1-2H3,(H,48,49)/b7-5+,13-11+,18-16+,19-17+,22-21+,26-25+/t42-/m0/s1. The fraction of sp³-hybridized carbons (Fsp3) is 0.682. The van der Waals surface area contributed by atoms with Crippen LogP contribution in [0, 0.1) is 0 Å². The lowest BCUT2D eigenvalue weighted by Gasteiger charge is -2.19. The average molecular weight is 778 g/mol. The lowest BCUT2D eigenvalue weighted by atomic mass is 10.1. The van der Waals surface area contributed by atoms with Crippen LogP contribution in [-0.2, 0) is 32.7 Å². The van der Waals surface area contributed by atoms with Crippen molar-refractivity contribution in [2.75, 3.05) is 26.4 Å². The predicted octanol–water partition coefficient (Wildman–Crippen LogP) is 11.9. The summed E-state index contributed by atoms with van der Waals surface area (Å²) in [6.45, 7) is 3.54. The van der Waals surface area contributed by atoms with Crippen molar-refractivity contribution in [2.24, 2.45) is 5.73 Å². The van der Waals surface area contributed by atoms with Crippen molar-refractivity contribution < 1.29 is 37.6 Å². The molecule has 0 rings (SSSR count). The van der Waals surface area contributed by atoms with E-state index in [1.165, 1.54) is 38.5 Å². The van der Waals surface area contributed by atoms with Crippen molar-refractivity contribution in [1.82, 2.24) is 0 Å². The molecule has 0 aliphatic carbocycles. The SMILES string of the molecule is CC/C=C/C/C=C/C/C=C/C/C=C/C/C=C/CCCCCC(=O)OC[C@@H](COP(=O)(O)OCCN)OC(=O)CCCCCCC/C=C/CCCCCCC. The number of carbonyl (C=O) groups excluding carboxylic acids is 2. The highest BCUT2D eigenvalue weighted by atomic mass is 31.2. The van der Waals surface area contributed by atoms with Gasteiger partial charge in [0.25, 0.3) is 0 Å². The van der Waals surface area contributed by atoms with Gasteiger partial charge < -0.3 is 20.1 Å². The van der Waals surface area contributed by atoms with E-state index in [9.17, 15) is 19.0 Å². The second kappa shape index (κ2) is 40.1. The van der Waals surface area contributed by atoms with Gasteiger partial charge in [-0.3, -0.25) is 18.6 Å². The fourth-order valence-electron chi connectivity index (χ4n) is 5.24. The van der Waals surface area contributed by atoms with Crippen molar-refractivity contribution in [3.8, 4) is 0 Å². The molecule has 1 unspecified atom stereocenters. The number of allylic oxidation sites excluding steroid dienone is 12. The number of phosphoric acid groups is 1. The van der Waals surface area contributed by atoms with E-state index in [4.69, 9.17) is 24.3 Å². The van der Waals surface area contributed by atoms with E-state index in [0.29, 0.717) is 12.8 Å². The summed E-state index contributed by atoms with van der Waals surface area (Å²) in [7, 11) is -4.39. The van der Waals surface area contributed by atoms with Crippen molar-refractivity contribution in [3.63, 3.8) is 0 Å².